The van der Waals surface area contributed by atoms with Crippen molar-refractivity contribution in [2.45, 2.75) is 33.2 Å². The number of hydrogen-bond donors (Lipinski definition) is 2. The van der Waals surface area contributed by atoms with Crippen molar-refractivity contribution < 1.29 is 9.59 Å². The molecule has 3 amide bonds. The van der Waals surface area contributed by atoms with Crippen molar-refractivity contribution in [1.82, 2.24) is 10.2 Å². The monoisotopic (exact) mass is 353 g/mol. The van der Waals surface area contributed by atoms with E-state index in [1.807, 2.05) is 80.3 Å². The van der Waals surface area contributed by atoms with Crippen molar-refractivity contribution in [3.8, 4) is 0 Å². The molecule has 0 aliphatic heterocycles. The van der Waals surface area contributed by atoms with Crippen LogP contribution in [0.3, 0.4) is 0 Å². The lowest BCUT2D eigenvalue weighted by atomic mass is 10.1. The lowest BCUT2D eigenvalue weighted by molar-refractivity contribution is -0.130. The summed E-state index contributed by atoms with van der Waals surface area (Å²) in [4.78, 5) is 26.1. The molecule has 1 unspecified atom stereocenters. The molecule has 5 heteroatoms. The Labute approximate surface area is 155 Å². The van der Waals surface area contributed by atoms with Gasteiger partial charge in [0, 0.05) is 18.8 Å². The Morgan fingerprint density at radius 1 is 0.962 bits per heavy atom. The summed E-state index contributed by atoms with van der Waals surface area (Å²) in [6.45, 7) is 7.33. The zero-order valence-electron chi connectivity index (χ0n) is 15.7. The number of urea groups is 1. The van der Waals surface area contributed by atoms with E-state index in [9.17, 15) is 9.59 Å². The van der Waals surface area contributed by atoms with E-state index in [1.165, 1.54) is 0 Å². The van der Waals surface area contributed by atoms with E-state index >= 15 is 0 Å². The molecule has 2 aromatic carbocycles. The van der Waals surface area contributed by atoms with Gasteiger partial charge in [-0.2, -0.15) is 0 Å². The van der Waals surface area contributed by atoms with Crippen LogP contribution < -0.4 is 10.6 Å². The molecule has 0 saturated carbocycles. The average molecular weight is 353 g/mol. The van der Waals surface area contributed by atoms with Gasteiger partial charge in [0.05, 0.1) is 12.5 Å². The van der Waals surface area contributed by atoms with E-state index in [4.69, 9.17) is 0 Å². The van der Waals surface area contributed by atoms with Gasteiger partial charge in [0.25, 0.3) is 0 Å². The van der Waals surface area contributed by atoms with Gasteiger partial charge in [-0.1, -0.05) is 42.5 Å². The predicted molar refractivity (Wildman–Crippen MR) is 105 cm³/mol. The molecule has 0 fully saturated rings. The lowest BCUT2D eigenvalue weighted by Gasteiger charge is -2.18. The Morgan fingerprint density at radius 3 is 2.15 bits per heavy atom. The molecule has 5 nitrogen and oxygen atoms in total. The smallest absolute Gasteiger partial charge is 0.319 e. The summed E-state index contributed by atoms with van der Waals surface area (Å²) < 4.78 is 0. The van der Waals surface area contributed by atoms with Crippen LogP contribution in [0.4, 0.5) is 10.5 Å². The number of nitrogens with one attached hydrogen (secondary N) is 2. The zero-order valence-corrected chi connectivity index (χ0v) is 15.7. The highest BCUT2D eigenvalue weighted by molar-refractivity contribution is 5.89. The summed E-state index contributed by atoms with van der Waals surface area (Å²) in [5.41, 5.74) is 2.68. The van der Waals surface area contributed by atoms with Crippen molar-refractivity contribution in [1.29, 1.82) is 0 Å². The number of likely N-dealkylation sites (N-methyl/N-ethyl adjacent to an activating group) is 1. The van der Waals surface area contributed by atoms with Gasteiger partial charge in [-0.15, -0.1) is 0 Å². The maximum atomic E-state index is 12.1. The topological polar surface area (TPSA) is 61.4 Å². The molecular weight excluding hydrogens is 326 g/mol. The maximum Gasteiger partial charge on any atom is 0.319 e. The van der Waals surface area contributed by atoms with Crippen LogP contribution in [0, 0.1) is 0 Å². The second-order valence-corrected chi connectivity index (χ2v) is 6.17. The maximum absolute atomic E-state index is 12.1. The molecule has 0 spiro atoms. The molecule has 1 atom stereocenters. The predicted octanol–water partition coefficient (Wildman–Crippen LogP) is 3.98. The summed E-state index contributed by atoms with van der Waals surface area (Å²) in [6, 6.07) is 16.8. The van der Waals surface area contributed by atoms with Gasteiger partial charge in [-0.25, -0.2) is 4.79 Å². The number of carbonyl (C=O) groups excluding carboxylic acids is 2. The molecule has 0 bridgehead atoms. The van der Waals surface area contributed by atoms with E-state index in [0.29, 0.717) is 12.1 Å². The molecule has 0 aliphatic rings. The highest BCUT2D eigenvalue weighted by atomic mass is 16.2. The third-order valence-electron chi connectivity index (χ3n) is 4.33. The summed E-state index contributed by atoms with van der Waals surface area (Å²) in [5, 5.41) is 5.73. The summed E-state index contributed by atoms with van der Waals surface area (Å²) in [5.74, 6) is 0.116. The van der Waals surface area contributed by atoms with Crippen LogP contribution in [0.25, 0.3) is 0 Å². The number of hydrogen-bond acceptors (Lipinski definition) is 2. The summed E-state index contributed by atoms with van der Waals surface area (Å²) in [7, 11) is 0. The fourth-order valence-corrected chi connectivity index (χ4v) is 2.76. The van der Waals surface area contributed by atoms with Crippen LogP contribution >= 0.6 is 0 Å². The van der Waals surface area contributed by atoms with Gasteiger partial charge < -0.3 is 15.5 Å². The van der Waals surface area contributed by atoms with E-state index < -0.39 is 0 Å². The second kappa shape index (κ2) is 9.61. The number of rotatable bonds is 7. The first-order valence-corrected chi connectivity index (χ1v) is 9.02. The van der Waals surface area contributed by atoms with Gasteiger partial charge in [0.15, 0.2) is 0 Å². The number of carbonyl (C=O) groups is 2. The molecule has 0 radical (unpaired) electrons. The Bertz CT molecular complexity index is 710. The van der Waals surface area contributed by atoms with E-state index in [-0.39, 0.29) is 18.0 Å². The molecule has 2 N–H and O–H groups in total. The highest BCUT2D eigenvalue weighted by Gasteiger charge is 2.11. The first kappa shape index (κ1) is 19.5. The number of anilines is 1. The molecule has 2 rings (SSSR count). The molecule has 0 saturated heterocycles. The first-order valence-electron chi connectivity index (χ1n) is 9.02. The van der Waals surface area contributed by atoms with E-state index in [0.717, 1.165) is 24.2 Å². The molecule has 0 heterocycles. The van der Waals surface area contributed by atoms with Crippen LogP contribution in [0.1, 0.15) is 37.9 Å². The van der Waals surface area contributed by atoms with Gasteiger partial charge in [-0.3, -0.25) is 4.79 Å². The van der Waals surface area contributed by atoms with E-state index in [2.05, 4.69) is 10.6 Å². The van der Waals surface area contributed by atoms with Crippen LogP contribution in [-0.4, -0.2) is 29.9 Å². The molecule has 0 aliphatic carbocycles. The quantitative estimate of drug-likeness (QED) is 0.791. The van der Waals surface area contributed by atoms with Crippen molar-refractivity contribution >= 4 is 17.6 Å². The van der Waals surface area contributed by atoms with E-state index in [1.54, 1.807) is 0 Å². The van der Waals surface area contributed by atoms with Gasteiger partial charge in [0.1, 0.15) is 0 Å². The zero-order chi connectivity index (χ0) is 18.9. The molecule has 2 aromatic rings. The summed E-state index contributed by atoms with van der Waals surface area (Å²) in [6.07, 6.45) is 0.374. The van der Waals surface area contributed by atoms with Crippen molar-refractivity contribution in [2.24, 2.45) is 0 Å². The van der Waals surface area contributed by atoms with Crippen LogP contribution in [0.15, 0.2) is 54.6 Å². The molecule has 138 valence electrons. The highest BCUT2D eigenvalue weighted by Crippen LogP contribution is 2.13. The Hall–Kier alpha value is -2.82. The normalized spacial score (nSPS) is 11.5. The average Bonchev–Trinajstić information content (AvgIpc) is 2.65. The third kappa shape index (κ3) is 5.62. The Balaban J connectivity index is 1.88. The van der Waals surface area contributed by atoms with Crippen molar-refractivity contribution in [3.63, 3.8) is 0 Å². The summed E-state index contributed by atoms with van der Waals surface area (Å²) >= 11 is 0. The fraction of sp³-hybridized carbons (Fsp3) is 0.333. The lowest BCUT2D eigenvalue weighted by Crippen LogP contribution is -2.32. The Morgan fingerprint density at radius 2 is 1.58 bits per heavy atom. The largest absolute Gasteiger partial charge is 0.343 e. The molecule has 0 aromatic heterocycles. The van der Waals surface area contributed by atoms with Crippen molar-refractivity contribution in [3.05, 3.63) is 65.7 Å². The first-order chi connectivity index (χ1) is 12.5. The number of nitrogens with zero attached hydrogens (tertiary/aromatic N) is 1. The molecular formula is C21H27N3O2. The van der Waals surface area contributed by atoms with Crippen LogP contribution in [0.2, 0.25) is 0 Å². The standard InChI is InChI=1S/C21H27N3O2/c1-4-24(5-2)20(25)15-17-11-13-19(14-12-17)23-21(26)22-16(3)18-9-7-6-8-10-18/h6-14,16H,4-5,15H2,1-3H3,(H2,22,23,26). The van der Waals surface area contributed by atoms with Crippen LogP contribution in [0.5, 0.6) is 0 Å². The Kier molecular flexibility index (Phi) is 7.21. The third-order valence-corrected chi connectivity index (χ3v) is 4.33. The SMILES string of the molecule is CCN(CC)C(=O)Cc1ccc(NC(=O)NC(C)c2ccccc2)cc1. The fourth-order valence-electron chi connectivity index (χ4n) is 2.76. The minimum atomic E-state index is -0.256. The number of benzene rings is 2. The van der Waals surface area contributed by atoms with Gasteiger partial charge >= 0.3 is 6.03 Å². The van der Waals surface area contributed by atoms with Crippen molar-refractivity contribution in [2.75, 3.05) is 18.4 Å². The minimum absolute atomic E-state index is 0.0813. The molecule has 26 heavy (non-hydrogen) atoms. The minimum Gasteiger partial charge on any atom is -0.343 e. The number of amides is 3. The second-order valence-electron chi connectivity index (χ2n) is 6.17. The van der Waals surface area contributed by atoms with Gasteiger partial charge in [0.2, 0.25) is 5.91 Å². The van der Waals surface area contributed by atoms with Crippen LogP contribution in [-0.2, 0) is 11.2 Å². The van der Waals surface area contributed by atoms with Gasteiger partial charge in [-0.05, 0) is 44.0 Å².